The van der Waals surface area contributed by atoms with Crippen LogP contribution in [0.5, 0.6) is 0 Å². The Morgan fingerprint density at radius 1 is 1.24 bits per heavy atom. The van der Waals surface area contributed by atoms with E-state index in [2.05, 4.69) is 39.4 Å². The first-order valence-electron chi connectivity index (χ1n) is 6.61. The Morgan fingerprint density at radius 2 is 2.05 bits per heavy atom. The zero-order valence-electron chi connectivity index (χ0n) is 11.7. The molecule has 0 spiro atoms. The standard InChI is InChI=1S/C16H17BrClNOS/c1-20-9-8-19-11-12-6-7-13(10-14(12)17)21-16-5-3-2-4-15(16)18/h2-7,10,19H,8-9,11H2,1H3. The van der Waals surface area contributed by atoms with Crippen molar-refractivity contribution in [2.75, 3.05) is 20.3 Å². The van der Waals surface area contributed by atoms with E-state index in [1.807, 2.05) is 24.3 Å². The summed E-state index contributed by atoms with van der Waals surface area (Å²) in [4.78, 5) is 2.23. The van der Waals surface area contributed by atoms with E-state index in [1.165, 1.54) is 5.56 Å². The van der Waals surface area contributed by atoms with Crippen LogP contribution in [0.25, 0.3) is 0 Å². The first kappa shape index (κ1) is 16.8. The van der Waals surface area contributed by atoms with E-state index in [0.29, 0.717) is 0 Å². The summed E-state index contributed by atoms with van der Waals surface area (Å²) in [6, 6.07) is 14.2. The van der Waals surface area contributed by atoms with Crippen LogP contribution in [0.4, 0.5) is 0 Å². The second-order valence-corrected chi connectivity index (χ2v) is 6.83. The summed E-state index contributed by atoms with van der Waals surface area (Å²) in [7, 11) is 1.71. The van der Waals surface area contributed by atoms with Crippen molar-refractivity contribution in [3.05, 3.63) is 57.5 Å². The highest BCUT2D eigenvalue weighted by atomic mass is 79.9. The van der Waals surface area contributed by atoms with Gasteiger partial charge in [-0.25, -0.2) is 0 Å². The van der Waals surface area contributed by atoms with Gasteiger partial charge in [0, 0.05) is 34.5 Å². The van der Waals surface area contributed by atoms with Crippen molar-refractivity contribution in [3.63, 3.8) is 0 Å². The van der Waals surface area contributed by atoms with Crippen LogP contribution in [0.3, 0.4) is 0 Å². The Morgan fingerprint density at radius 3 is 2.76 bits per heavy atom. The Bertz CT molecular complexity index is 594. The third-order valence-electron chi connectivity index (χ3n) is 2.89. The summed E-state index contributed by atoms with van der Waals surface area (Å²) in [5.74, 6) is 0. The molecule has 2 aromatic rings. The number of benzene rings is 2. The van der Waals surface area contributed by atoms with Gasteiger partial charge in [-0.3, -0.25) is 0 Å². The normalized spacial score (nSPS) is 10.8. The number of nitrogens with one attached hydrogen (secondary N) is 1. The van der Waals surface area contributed by atoms with Crippen LogP contribution in [-0.4, -0.2) is 20.3 Å². The highest BCUT2D eigenvalue weighted by Crippen LogP contribution is 2.34. The molecule has 0 amide bonds. The summed E-state index contributed by atoms with van der Waals surface area (Å²) in [6.45, 7) is 2.39. The zero-order valence-corrected chi connectivity index (χ0v) is 14.9. The largest absolute Gasteiger partial charge is 0.383 e. The molecule has 1 N–H and O–H groups in total. The molecule has 0 bridgehead atoms. The number of methoxy groups -OCH3 is 1. The number of ether oxygens (including phenoxy) is 1. The molecule has 0 fully saturated rings. The van der Waals surface area contributed by atoms with Gasteiger partial charge in [0.1, 0.15) is 0 Å². The molecule has 0 aliphatic carbocycles. The average molecular weight is 387 g/mol. The van der Waals surface area contributed by atoms with Gasteiger partial charge in [-0.2, -0.15) is 0 Å². The summed E-state index contributed by atoms with van der Waals surface area (Å²) < 4.78 is 6.12. The molecule has 21 heavy (non-hydrogen) atoms. The molecular formula is C16H17BrClNOS. The highest BCUT2D eigenvalue weighted by molar-refractivity contribution is 9.10. The van der Waals surface area contributed by atoms with Gasteiger partial charge in [0.2, 0.25) is 0 Å². The van der Waals surface area contributed by atoms with Crippen LogP contribution in [0.15, 0.2) is 56.7 Å². The van der Waals surface area contributed by atoms with Crippen molar-refractivity contribution in [3.8, 4) is 0 Å². The van der Waals surface area contributed by atoms with Crippen molar-refractivity contribution in [1.82, 2.24) is 5.32 Å². The van der Waals surface area contributed by atoms with E-state index in [1.54, 1.807) is 18.9 Å². The minimum Gasteiger partial charge on any atom is -0.383 e. The van der Waals surface area contributed by atoms with E-state index >= 15 is 0 Å². The van der Waals surface area contributed by atoms with Gasteiger partial charge in [-0.15, -0.1) is 0 Å². The molecule has 0 saturated carbocycles. The van der Waals surface area contributed by atoms with Crippen LogP contribution >= 0.6 is 39.3 Å². The zero-order chi connectivity index (χ0) is 15.1. The molecule has 0 aliphatic rings. The van der Waals surface area contributed by atoms with Gasteiger partial charge < -0.3 is 10.1 Å². The fourth-order valence-electron chi connectivity index (χ4n) is 1.79. The summed E-state index contributed by atoms with van der Waals surface area (Å²) in [5, 5.41) is 4.12. The molecule has 0 unspecified atom stereocenters. The molecule has 5 heteroatoms. The lowest BCUT2D eigenvalue weighted by molar-refractivity contribution is 0.199. The lowest BCUT2D eigenvalue weighted by Gasteiger charge is -2.09. The molecule has 0 saturated heterocycles. The van der Waals surface area contributed by atoms with Crippen LogP contribution < -0.4 is 5.32 Å². The summed E-state index contributed by atoms with van der Waals surface area (Å²) >= 11 is 11.5. The molecule has 2 aromatic carbocycles. The first-order chi connectivity index (χ1) is 10.2. The molecule has 112 valence electrons. The molecule has 0 heterocycles. The van der Waals surface area contributed by atoms with Crippen molar-refractivity contribution in [1.29, 1.82) is 0 Å². The fraction of sp³-hybridized carbons (Fsp3) is 0.250. The molecule has 0 atom stereocenters. The first-order valence-corrected chi connectivity index (χ1v) is 8.60. The lowest BCUT2D eigenvalue weighted by Crippen LogP contribution is -2.18. The topological polar surface area (TPSA) is 21.3 Å². The Hall–Kier alpha value is -0.520. The number of rotatable bonds is 7. The van der Waals surface area contributed by atoms with Gasteiger partial charge >= 0.3 is 0 Å². The lowest BCUT2D eigenvalue weighted by atomic mass is 10.2. The predicted octanol–water partition coefficient (Wildman–Crippen LogP) is 4.99. The van der Waals surface area contributed by atoms with Crippen LogP contribution in [-0.2, 0) is 11.3 Å². The van der Waals surface area contributed by atoms with Crippen LogP contribution in [0, 0.1) is 0 Å². The van der Waals surface area contributed by atoms with Crippen molar-refractivity contribution < 1.29 is 4.74 Å². The minimum atomic E-state index is 0.720. The van der Waals surface area contributed by atoms with E-state index in [4.69, 9.17) is 16.3 Å². The molecule has 2 nitrogen and oxygen atoms in total. The van der Waals surface area contributed by atoms with E-state index in [0.717, 1.165) is 39.0 Å². The monoisotopic (exact) mass is 385 g/mol. The SMILES string of the molecule is COCCNCc1ccc(Sc2ccccc2Cl)cc1Br. The minimum absolute atomic E-state index is 0.720. The molecule has 2 rings (SSSR count). The number of halogens is 2. The quantitative estimate of drug-likeness (QED) is 0.677. The van der Waals surface area contributed by atoms with Gasteiger partial charge in [-0.1, -0.05) is 57.5 Å². The van der Waals surface area contributed by atoms with Crippen molar-refractivity contribution >= 4 is 39.3 Å². The summed E-state index contributed by atoms with van der Waals surface area (Å²) in [5.41, 5.74) is 1.23. The second kappa shape index (κ2) is 8.81. The van der Waals surface area contributed by atoms with Gasteiger partial charge in [0.15, 0.2) is 0 Å². The third kappa shape index (κ3) is 5.31. The van der Waals surface area contributed by atoms with Gasteiger partial charge in [-0.05, 0) is 29.8 Å². The van der Waals surface area contributed by atoms with Crippen LogP contribution in [0.1, 0.15) is 5.56 Å². The Labute approximate surface area is 143 Å². The number of hydrogen-bond donors (Lipinski definition) is 1. The molecule has 0 aromatic heterocycles. The number of hydrogen-bond acceptors (Lipinski definition) is 3. The maximum Gasteiger partial charge on any atom is 0.0587 e. The van der Waals surface area contributed by atoms with Crippen molar-refractivity contribution in [2.24, 2.45) is 0 Å². The second-order valence-electron chi connectivity index (χ2n) is 4.46. The molecule has 0 radical (unpaired) electrons. The molecule has 0 aliphatic heterocycles. The van der Waals surface area contributed by atoms with E-state index in [-0.39, 0.29) is 0 Å². The molecular weight excluding hydrogens is 370 g/mol. The Kier molecular flexibility index (Phi) is 7.07. The summed E-state index contributed by atoms with van der Waals surface area (Å²) in [6.07, 6.45) is 0. The third-order valence-corrected chi connectivity index (χ3v) is 5.13. The predicted molar refractivity (Wildman–Crippen MR) is 93.3 cm³/mol. The fourth-order valence-corrected chi connectivity index (χ4v) is 3.59. The highest BCUT2D eigenvalue weighted by Gasteiger charge is 2.05. The van der Waals surface area contributed by atoms with Crippen LogP contribution in [0.2, 0.25) is 5.02 Å². The maximum atomic E-state index is 6.19. The average Bonchev–Trinajstić information content (AvgIpc) is 2.48. The maximum absolute atomic E-state index is 6.19. The van der Waals surface area contributed by atoms with Gasteiger partial charge in [0.25, 0.3) is 0 Å². The smallest absolute Gasteiger partial charge is 0.0587 e. The van der Waals surface area contributed by atoms with Crippen molar-refractivity contribution in [2.45, 2.75) is 16.3 Å². The van der Waals surface area contributed by atoms with E-state index in [9.17, 15) is 0 Å². The van der Waals surface area contributed by atoms with E-state index < -0.39 is 0 Å². The van der Waals surface area contributed by atoms with Gasteiger partial charge in [0.05, 0.1) is 11.6 Å². The Balaban J connectivity index is 2.00.